The summed E-state index contributed by atoms with van der Waals surface area (Å²) >= 11 is 3.31. The number of carboxylic acid groups (broad SMARTS) is 1. The van der Waals surface area contributed by atoms with Crippen molar-refractivity contribution in [2.24, 2.45) is 0 Å². The van der Waals surface area contributed by atoms with Gasteiger partial charge in [0.05, 0.1) is 6.42 Å². The molecule has 0 radical (unpaired) electrons. The molecule has 0 unspecified atom stereocenters. The average Bonchev–Trinajstić information content (AvgIpc) is 2.73. The highest BCUT2D eigenvalue weighted by molar-refractivity contribution is 9.10. The average molecular weight is 488 g/mol. The van der Waals surface area contributed by atoms with E-state index in [1.54, 1.807) is 24.3 Å². The van der Waals surface area contributed by atoms with Crippen molar-refractivity contribution in [3.05, 3.63) is 70.2 Å². The van der Waals surface area contributed by atoms with Crippen molar-refractivity contribution >= 4 is 39.6 Å². The second-order valence-electron chi connectivity index (χ2n) is 7.31. The molecule has 0 saturated carbocycles. The van der Waals surface area contributed by atoms with Crippen LogP contribution in [0.15, 0.2) is 59.1 Å². The van der Waals surface area contributed by atoms with Crippen molar-refractivity contribution < 1.29 is 24.3 Å². The molecular weight excluding hydrogens is 466 g/mol. The van der Waals surface area contributed by atoms with E-state index in [4.69, 9.17) is 0 Å². The molecule has 1 fully saturated rings. The predicted molar refractivity (Wildman–Crippen MR) is 116 cm³/mol. The number of carbonyl (C=O) groups excluding carboxylic acids is 3. The zero-order valence-electron chi connectivity index (χ0n) is 16.5. The number of hydrogen-bond acceptors (Lipinski definition) is 4. The van der Waals surface area contributed by atoms with Crippen LogP contribution in [-0.2, 0) is 32.0 Å². The molecular formula is C22H22BrN3O5. The summed E-state index contributed by atoms with van der Waals surface area (Å²) in [7, 11) is 0. The summed E-state index contributed by atoms with van der Waals surface area (Å²) in [6.45, 7) is 0. The van der Waals surface area contributed by atoms with Crippen LogP contribution in [0.25, 0.3) is 0 Å². The van der Waals surface area contributed by atoms with Crippen LogP contribution in [0.5, 0.6) is 0 Å². The van der Waals surface area contributed by atoms with E-state index in [1.807, 2.05) is 30.3 Å². The Morgan fingerprint density at radius 1 is 0.935 bits per heavy atom. The minimum absolute atomic E-state index is 0.0940. The quantitative estimate of drug-likeness (QED) is 0.444. The van der Waals surface area contributed by atoms with Gasteiger partial charge >= 0.3 is 5.97 Å². The van der Waals surface area contributed by atoms with E-state index in [0.29, 0.717) is 6.42 Å². The molecule has 1 saturated heterocycles. The first-order valence-corrected chi connectivity index (χ1v) is 10.5. The van der Waals surface area contributed by atoms with Gasteiger partial charge in [-0.1, -0.05) is 58.4 Å². The lowest BCUT2D eigenvalue weighted by Gasteiger charge is -2.29. The number of halogens is 1. The molecule has 0 spiro atoms. The molecule has 0 aromatic heterocycles. The van der Waals surface area contributed by atoms with Gasteiger partial charge in [0, 0.05) is 17.3 Å². The van der Waals surface area contributed by atoms with Gasteiger partial charge < -0.3 is 21.1 Å². The molecule has 3 atom stereocenters. The number of rotatable bonds is 8. The van der Waals surface area contributed by atoms with Gasteiger partial charge in [-0.05, 0) is 23.3 Å². The summed E-state index contributed by atoms with van der Waals surface area (Å²) in [5, 5.41) is 17.1. The fourth-order valence-electron chi connectivity index (χ4n) is 3.31. The van der Waals surface area contributed by atoms with E-state index in [9.17, 15) is 24.3 Å². The lowest BCUT2D eigenvalue weighted by Crippen LogP contribution is -2.63. The summed E-state index contributed by atoms with van der Waals surface area (Å²) in [5.41, 5.74) is 1.64. The predicted octanol–water partition coefficient (Wildman–Crippen LogP) is 1.18. The molecule has 162 valence electrons. The topological polar surface area (TPSA) is 125 Å². The molecule has 1 heterocycles. The smallest absolute Gasteiger partial charge is 0.326 e. The summed E-state index contributed by atoms with van der Waals surface area (Å²) in [6, 6.07) is 13.4. The van der Waals surface area contributed by atoms with Crippen molar-refractivity contribution in [1.29, 1.82) is 0 Å². The lowest BCUT2D eigenvalue weighted by molar-refractivity contribution is -0.142. The number of amides is 3. The van der Waals surface area contributed by atoms with E-state index >= 15 is 0 Å². The van der Waals surface area contributed by atoms with Crippen LogP contribution >= 0.6 is 15.9 Å². The molecule has 0 bridgehead atoms. The molecule has 2 aromatic carbocycles. The molecule has 31 heavy (non-hydrogen) atoms. The Balaban J connectivity index is 1.55. The van der Waals surface area contributed by atoms with Crippen molar-refractivity contribution in [2.75, 3.05) is 0 Å². The third kappa shape index (κ3) is 6.39. The van der Waals surface area contributed by atoms with Gasteiger partial charge in [0.1, 0.15) is 18.1 Å². The van der Waals surface area contributed by atoms with Gasteiger partial charge in [-0.25, -0.2) is 4.79 Å². The van der Waals surface area contributed by atoms with Crippen LogP contribution in [0.3, 0.4) is 0 Å². The number of nitrogens with one attached hydrogen (secondary N) is 3. The summed E-state index contributed by atoms with van der Waals surface area (Å²) in [5.74, 6) is -2.68. The van der Waals surface area contributed by atoms with Gasteiger partial charge in [-0.3, -0.25) is 14.4 Å². The standard InChI is InChI=1S/C22H22BrN3O5/c23-15-8-6-14(7-9-15)11-18(22(30)31)24-19(27)12-17-21(29)25-16(20(28)26-17)10-13-4-2-1-3-5-13/h1-9,16-18H,10-12H2,(H,24,27)(H,25,29)(H,26,28)(H,30,31)/t16-,17-,18-/m0/s1. The third-order valence-corrected chi connectivity index (χ3v) is 5.45. The van der Waals surface area contributed by atoms with Crippen molar-refractivity contribution in [2.45, 2.75) is 37.4 Å². The van der Waals surface area contributed by atoms with Crippen molar-refractivity contribution in [3.63, 3.8) is 0 Å². The number of aliphatic carboxylic acids is 1. The van der Waals surface area contributed by atoms with E-state index in [1.165, 1.54) is 0 Å². The summed E-state index contributed by atoms with van der Waals surface area (Å²) < 4.78 is 0.858. The van der Waals surface area contributed by atoms with Crippen LogP contribution in [0.1, 0.15) is 17.5 Å². The highest BCUT2D eigenvalue weighted by atomic mass is 79.9. The summed E-state index contributed by atoms with van der Waals surface area (Å²) in [4.78, 5) is 48.7. The van der Waals surface area contributed by atoms with Gasteiger partial charge in [0.25, 0.3) is 0 Å². The Morgan fingerprint density at radius 2 is 1.55 bits per heavy atom. The summed E-state index contributed by atoms with van der Waals surface area (Å²) in [6.07, 6.45) is 0.0854. The zero-order valence-corrected chi connectivity index (χ0v) is 18.1. The Labute approximate surface area is 187 Å². The number of piperazine rings is 1. The van der Waals surface area contributed by atoms with Crippen molar-refractivity contribution in [3.8, 4) is 0 Å². The highest BCUT2D eigenvalue weighted by Crippen LogP contribution is 2.13. The maximum atomic E-state index is 12.4. The second-order valence-corrected chi connectivity index (χ2v) is 8.22. The van der Waals surface area contributed by atoms with Crippen LogP contribution in [0.2, 0.25) is 0 Å². The van der Waals surface area contributed by atoms with Crippen LogP contribution in [0.4, 0.5) is 0 Å². The molecule has 2 aromatic rings. The fraction of sp³-hybridized carbons (Fsp3) is 0.273. The molecule has 4 N–H and O–H groups in total. The first-order valence-electron chi connectivity index (χ1n) is 9.73. The Hall–Kier alpha value is -3.20. The number of carboxylic acids is 1. The second kappa shape index (κ2) is 10.2. The maximum Gasteiger partial charge on any atom is 0.326 e. The number of benzene rings is 2. The molecule has 1 aliphatic rings. The fourth-order valence-corrected chi connectivity index (χ4v) is 3.57. The lowest BCUT2D eigenvalue weighted by atomic mass is 10.0. The number of carbonyl (C=O) groups is 4. The van der Waals surface area contributed by atoms with Gasteiger partial charge in [0.15, 0.2) is 0 Å². The first-order chi connectivity index (χ1) is 14.8. The Bertz CT molecular complexity index is 965. The molecule has 8 nitrogen and oxygen atoms in total. The van der Waals surface area contributed by atoms with E-state index in [2.05, 4.69) is 31.9 Å². The highest BCUT2D eigenvalue weighted by Gasteiger charge is 2.35. The monoisotopic (exact) mass is 487 g/mol. The van der Waals surface area contributed by atoms with E-state index in [0.717, 1.165) is 15.6 Å². The molecule has 9 heteroatoms. The molecule has 1 aliphatic heterocycles. The Morgan fingerprint density at radius 3 is 2.19 bits per heavy atom. The largest absolute Gasteiger partial charge is 0.480 e. The van der Waals surface area contributed by atoms with Crippen LogP contribution < -0.4 is 16.0 Å². The van der Waals surface area contributed by atoms with E-state index in [-0.39, 0.29) is 18.7 Å². The zero-order chi connectivity index (χ0) is 22.4. The van der Waals surface area contributed by atoms with Crippen LogP contribution in [-0.4, -0.2) is 46.9 Å². The molecule has 3 amide bonds. The Kier molecular flexibility index (Phi) is 7.41. The molecule has 3 rings (SSSR count). The molecule has 0 aliphatic carbocycles. The SMILES string of the molecule is O=C(C[C@@H]1NC(=O)[C@H](Cc2ccccc2)NC1=O)N[C@@H](Cc1ccc(Br)cc1)C(=O)O. The van der Waals surface area contributed by atoms with Gasteiger partial charge in [-0.2, -0.15) is 0 Å². The van der Waals surface area contributed by atoms with E-state index < -0.39 is 35.9 Å². The first kappa shape index (κ1) is 22.5. The third-order valence-electron chi connectivity index (χ3n) is 4.92. The van der Waals surface area contributed by atoms with Crippen molar-refractivity contribution in [1.82, 2.24) is 16.0 Å². The number of hydrogen-bond donors (Lipinski definition) is 4. The maximum absolute atomic E-state index is 12.4. The van der Waals surface area contributed by atoms with Gasteiger partial charge in [-0.15, -0.1) is 0 Å². The minimum Gasteiger partial charge on any atom is -0.480 e. The van der Waals surface area contributed by atoms with Gasteiger partial charge in [0.2, 0.25) is 17.7 Å². The normalized spacial score (nSPS) is 19.1. The van der Waals surface area contributed by atoms with Crippen LogP contribution in [0, 0.1) is 0 Å². The minimum atomic E-state index is -1.18.